The van der Waals surface area contributed by atoms with Crippen molar-refractivity contribution in [2.75, 3.05) is 0 Å². The summed E-state index contributed by atoms with van der Waals surface area (Å²) in [6, 6.07) is 5.91. The van der Waals surface area contributed by atoms with E-state index < -0.39 is 0 Å². The second-order valence-corrected chi connectivity index (χ2v) is 4.04. The van der Waals surface area contributed by atoms with Crippen LogP contribution in [0.1, 0.15) is 10.4 Å². The van der Waals surface area contributed by atoms with E-state index in [1.54, 1.807) is 23.7 Å². The van der Waals surface area contributed by atoms with Gasteiger partial charge in [-0.2, -0.15) is 5.26 Å². The second kappa shape index (κ2) is 4.22. The van der Waals surface area contributed by atoms with Crippen LogP contribution in [0, 0.1) is 11.3 Å². The fraction of sp³-hybridized carbons (Fsp3) is 0.0909. The highest BCUT2D eigenvalue weighted by Gasteiger charge is 2.06. The maximum absolute atomic E-state index is 8.77. The largest absolute Gasteiger partial charge is 0.326 e. The summed E-state index contributed by atoms with van der Waals surface area (Å²) >= 11 is 1.62. The molecule has 0 aliphatic carbocycles. The van der Waals surface area contributed by atoms with Crippen molar-refractivity contribution >= 4 is 11.3 Å². The molecule has 3 nitrogen and oxygen atoms in total. The van der Waals surface area contributed by atoms with Crippen LogP contribution in [0.2, 0.25) is 0 Å². The molecule has 2 aromatic heterocycles. The van der Waals surface area contributed by atoms with Crippen molar-refractivity contribution in [2.45, 2.75) is 6.54 Å². The first-order chi connectivity index (χ1) is 7.35. The Morgan fingerprint density at radius 1 is 1.47 bits per heavy atom. The van der Waals surface area contributed by atoms with E-state index in [2.05, 4.69) is 11.1 Å². The third-order valence-electron chi connectivity index (χ3n) is 2.11. The van der Waals surface area contributed by atoms with Crippen LogP contribution in [0.3, 0.4) is 0 Å². The third kappa shape index (κ3) is 1.89. The number of thiophene rings is 1. The van der Waals surface area contributed by atoms with Crippen LogP contribution in [0.4, 0.5) is 0 Å². The monoisotopic (exact) mass is 215 g/mol. The molecule has 2 rings (SSSR count). The molecule has 0 radical (unpaired) electrons. The predicted molar refractivity (Wildman–Crippen MR) is 60.2 cm³/mol. The van der Waals surface area contributed by atoms with Crippen molar-refractivity contribution in [1.29, 1.82) is 5.26 Å². The summed E-state index contributed by atoms with van der Waals surface area (Å²) in [6.07, 6.45) is 3.31. The first kappa shape index (κ1) is 9.84. The van der Waals surface area contributed by atoms with Gasteiger partial charge >= 0.3 is 0 Å². The molecule has 0 spiro atoms. The molecule has 0 unspecified atom stereocenters. The molecule has 0 aliphatic rings. The zero-order chi connectivity index (χ0) is 10.7. The molecule has 0 bridgehead atoms. The number of nitriles is 1. The summed E-state index contributed by atoms with van der Waals surface area (Å²) in [6.45, 7) is 0.518. The van der Waals surface area contributed by atoms with Gasteiger partial charge in [-0.15, -0.1) is 11.3 Å². The van der Waals surface area contributed by atoms with Gasteiger partial charge in [0.05, 0.1) is 5.56 Å². The van der Waals surface area contributed by atoms with Gasteiger partial charge in [-0.1, -0.05) is 0 Å². The fourth-order valence-corrected chi connectivity index (χ4v) is 2.18. The quantitative estimate of drug-likeness (QED) is 0.834. The highest BCUT2D eigenvalue weighted by molar-refractivity contribution is 7.10. The zero-order valence-corrected chi connectivity index (χ0v) is 8.79. The van der Waals surface area contributed by atoms with Crippen LogP contribution < -0.4 is 5.73 Å². The Hall–Kier alpha value is -1.70. The Morgan fingerprint density at radius 3 is 3.07 bits per heavy atom. The number of aromatic nitrogens is 1. The van der Waals surface area contributed by atoms with Crippen molar-refractivity contribution in [3.63, 3.8) is 0 Å². The molecule has 0 atom stereocenters. The molecule has 15 heavy (non-hydrogen) atoms. The van der Waals surface area contributed by atoms with Crippen molar-refractivity contribution in [3.8, 4) is 17.2 Å². The van der Waals surface area contributed by atoms with Gasteiger partial charge in [-0.25, -0.2) is 0 Å². The fourth-order valence-electron chi connectivity index (χ4n) is 1.40. The van der Waals surface area contributed by atoms with Crippen molar-refractivity contribution < 1.29 is 0 Å². The molecule has 4 heteroatoms. The average molecular weight is 215 g/mol. The number of hydrogen-bond acceptors (Lipinski definition) is 4. The normalized spacial score (nSPS) is 9.87. The lowest BCUT2D eigenvalue weighted by molar-refractivity contribution is 1.11. The van der Waals surface area contributed by atoms with Crippen LogP contribution in [0.5, 0.6) is 0 Å². The summed E-state index contributed by atoms with van der Waals surface area (Å²) in [4.78, 5) is 5.15. The van der Waals surface area contributed by atoms with Crippen molar-refractivity contribution in [1.82, 2.24) is 4.98 Å². The lowest BCUT2D eigenvalue weighted by atomic mass is 10.1. The van der Waals surface area contributed by atoms with Gasteiger partial charge < -0.3 is 5.73 Å². The molecule has 2 N–H and O–H groups in total. The van der Waals surface area contributed by atoms with E-state index in [-0.39, 0.29) is 0 Å². The number of pyridine rings is 1. The Balaban J connectivity index is 2.50. The van der Waals surface area contributed by atoms with Gasteiger partial charge in [-0.05, 0) is 23.1 Å². The van der Waals surface area contributed by atoms with Gasteiger partial charge in [0.15, 0.2) is 0 Å². The van der Waals surface area contributed by atoms with E-state index in [0.717, 1.165) is 16.0 Å². The standard InChI is InChI=1S/C11H9N3S/c12-4-8-3-9(7-14-6-8)10-1-2-15-11(10)5-13/h1-3,6-7H,5,13H2. The minimum atomic E-state index is 0.518. The SMILES string of the molecule is N#Cc1cncc(-c2ccsc2CN)c1. The predicted octanol–water partition coefficient (Wildman–Crippen LogP) is 2.14. The van der Waals surface area contributed by atoms with Gasteiger partial charge in [0.2, 0.25) is 0 Å². The van der Waals surface area contributed by atoms with Gasteiger partial charge in [0, 0.05) is 29.4 Å². The molecular formula is C11H9N3S. The van der Waals surface area contributed by atoms with Gasteiger partial charge in [0.25, 0.3) is 0 Å². The minimum absolute atomic E-state index is 0.518. The number of hydrogen-bond donors (Lipinski definition) is 1. The summed E-state index contributed by atoms with van der Waals surface area (Å²) < 4.78 is 0. The Kier molecular flexibility index (Phi) is 2.77. The summed E-state index contributed by atoms with van der Waals surface area (Å²) in [5.41, 5.74) is 8.23. The number of nitrogens with zero attached hydrogens (tertiary/aromatic N) is 2. The molecule has 2 heterocycles. The molecule has 0 amide bonds. The van der Waals surface area contributed by atoms with E-state index in [1.807, 2.05) is 17.5 Å². The van der Waals surface area contributed by atoms with Gasteiger partial charge in [-0.3, -0.25) is 4.98 Å². The van der Waals surface area contributed by atoms with E-state index in [9.17, 15) is 0 Å². The Labute approximate surface area is 91.8 Å². The van der Waals surface area contributed by atoms with Crippen molar-refractivity contribution in [2.24, 2.45) is 5.73 Å². The zero-order valence-electron chi connectivity index (χ0n) is 7.97. The van der Waals surface area contributed by atoms with Crippen LogP contribution in [0.25, 0.3) is 11.1 Å². The lowest BCUT2D eigenvalue weighted by Crippen LogP contribution is -1.95. The summed E-state index contributed by atoms with van der Waals surface area (Å²) in [7, 11) is 0. The minimum Gasteiger partial charge on any atom is -0.326 e. The maximum Gasteiger partial charge on any atom is 0.101 e. The number of rotatable bonds is 2. The third-order valence-corrected chi connectivity index (χ3v) is 3.05. The van der Waals surface area contributed by atoms with Crippen LogP contribution in [0.15, 0.2) is 29.9 Å². The maximum atomic E-state index is 8.77. The molecular weight excluding hydrogens is 206 g/mol. The van der Waals surface area contributed by atoms with Crippen LogP contribution in [-0.2, 0) is 6.54 Å². The molecule has 0 fully saturated rings. The topological polar surface area (TPSA) is 62.7 Å². The van der Waals surface area contributed by atoms with Gasteiger partial charge in [0.1, 0.15) is 6.07 Å². The van der Waals surface area contributed by atoms with E-state index in [0.29, 0.717) is 12.1 Å². The number of nitrogens with two attached hydrogens (primary N) is 1. The summed E-state index contributed by atoms with van der Waals surface area (Å²) in [5, 5.41) is 10.8. The van der Waals surface area contributed by atoms with Crippen LogP contribution >= 0.6 is 11.3 Å². The Morgan fingerprint density at radius 2 is 2.33 bits per heavy atom. The first-order valence-corrected chi connectivity index (χ1v) is 5.35. The molecule has 2 aromatic rings. The molecule has 0 saturated carbocycles. The summed E-state index contributed by atoms with van der Waals surface area (Å²) in [5.74, 6) is 0. The van der Waals surface area contributed by atoms with Crippen LogP contribution in [-0.4, -0.2) is 4.98 Å². The molecule has 0 aliphatic heterocycles. The molecule has 0 saturated heterocycles. The Bertz CT molecular complexity index is 511. The average Bonchev–Trinajstić information content (AvgIpc) is 2.77. The molecule has 0 aromatic carbocycles. The lowest BCUT2D eigenvalue weighted by Gasteiger charge is -2.01. The van der Waals surface area contributed by atoms with E-state index >= 15 is 0 Å². The molecule has 74 valence electrons. The second-order valence-electron chi connectivity index (χ2n) is 3.04. The highest BCUT2D eigenvalue weighted by Crippen LogP contribution is 2.27. The van der Waals surface area contributed by atoms with Crippen molar-refractivity contribution in [3.05, 3.63) is 40.3 Å². The smallest absolute Gasteiger partial charge is 0.101 e. The van der Waals surface area contributed by atoms with E-state index in [4.69, 9.17) is 11.0 Å². The van der Waals surface area contributed by atoms with E-state index in [1.165, 1.54) is 0 Å². The highest BCUT2D eigenvalue weighted by atomic mass is 32.1. The first-order valence-electron chi connectivity index (χ1n) is 4.47.